The highest BCUT2D eigenvalue weighted by Gasteiger charge is 2.22. The van der Waals surface area contributed by atoms with Crippen LogP contribution in [0, 0.1) is 0 Å². The number of nitrogens with two attached hydrogens (primary N) is 1. The summed E-state index contributed by atoms with van der Waals surface area (Å²) in [7, 11) is 0. The summed E-state index contributed by atoms with van der Waals surface area (Å²) >= 11 is 6.80. The third-order valence-electron chi connectivity index (χ3n) is 4.42. The fraction of sp³-hybridized carbons (Fsp3) is 0.235. The van der Waals surface area contributed by atoms with Crippen molar-refractivity contribution in [2.45, 2.75) is 19.5 Å². The fourth-order valence-corrected chi connectivity index (χ4v) is 4.51. The van der Waals surface area contributed by atoms with E-state index in [-0.39, 0.29) is 16.9 Å². The van der Waals surface area contributed by atoms with Gasteiger partial charge in [-0.3, -0.25) is 19.5 Å². The summed E-state index contributed by atoms with van der Waals surface area (Å²) in [5.41, 5.74) is 7.67. The molecule has 0 saturated carbocycles. The molecule has 0 aliphatic carbocycles. The fourth-order valence-electron chi connectivity index (χ4n) is 3.19. The molecule has 0 saturated heterocycles. The van der Waals surface area contributed by atoms with Gasteiger partial charge in [-0.1, -0.05) is 15.9 Å². The minimum Gasteiger partial charge on any atom is -0.463 e. The first-order valence-corrected chi connectivity index (χ1v) is 9.50. The van der Waals surface area contributed by atoms with Gasteiger partial charge in [0.05, 0.1) is 27.4 Å². The molecule has 1 aromatic carbocycles. The summed E-state index contributed by atoms with van der Waals surface area (Å²) < 4.78 is 7.18. The molecule has 2 aromatic heterocycles. The van der Waals surface area contributed by atoms with Gasteiger partial charge >= 0.3 is 0 Å². The summed E-state index contributed by atoms with van der Waals surface area (Å²) in [4.78, 5) is 33.7. The smallest absolute Gasteiger partial charge is 0.257 e. The molecule has 4 rings (SSSR count). The molecule has 0 unspecified atom stereocenters. The maximum absolute atomic E-state index is 12.8. The van der Waals surface area contributed by atoms with Gasteiger partial charge in [-0.05, 0) is 28.1 Å². The standard InChI is InChI=1S/C17H14Br2N4O3/c18-9-3-10-14(24)8(7-26-15(10)12(19)4-9)5-23-2-1-13-11(6-23)16(25)22-17(20)21-13/h3-4,7H,1-2,5-6H2,(H3,20,21,22,25). The van der Waals surface area contributed by atoms with Gasteiger partial charge in [0.15, 0.2) is 11.0 Å². The van der Waals surface area contributed by atoms with Gasteiger partial charge in [0, 0.05) is 36.1 Å². The molecule has 3 heterocycles. The van der Waals surface area contributed by atoms with Crippen LogP contribution in [-0.4, -0.2) is 21.4 Å². The van der Waals surface area contributed by atoms with Crippen LogP contribution >= 0.6 is 31.9 Å². The molecule has 7 nitrogen and oxygen atoms in total. The van der Waals surface area contributed by atoms with Crippen molar-refractivity contribution < 1.29 is 4.42 Å². The van der Waals surface area contributed by atoms with E-state index >= 15 is 0 Å². The highest BCUT2D eigenvalue weighted by molar-refractivity contribution is 9.11. The second kappa shape index (κ2) is 6.64. The van der Waals surface area contributed by atoms with Crippen LogP contribution < -0.4 is 16.7 Å². The molecule has 0 fully saturated rings. The van der Waals surface area contributed by atoms with Gasteiger partial charge < -0.3 is 10.2 Å². The average Bonchev–Trinajstić information content (AvgIpc) is 2.58. The third kappa shape index (κ3) is 3.10. The Balaban J connectivity index is 1.67. The number of halogens is 2. The minimum absolute atomic E-state index is 0.0802. The third-order valence-corrected chi connectivity index (χ3v) is 5.47. The predicted molar refractivity (Wildman–Crippen MR) is 105 cm³/mol. The summed E-state index contributed by atoms with van der Waals surface area (Å²) in [6.45, 7) is 1.49. The summed E-state index contributed by atoms with van der Waals surface area (Å²) in [5.74, 6) is 0.133. The molecule has 134 valence electrons. The number of aromatic amines is 1. The zero-order valence-electron chi connectivity index (χ0n) is 13.5. The highest BCUT2D eigenvalue weighted by Crippen LogP contribution is 2.27. The normalized spacial score (nSPS) is 14.5. The first-order chi connectivity index (χ1) is 12.4. The zero-order valence-corrected chi connectivity index (χ0v) is 16.7. The first kappa shape index (κ1) is 17.4. The van der Waals surface area contributed by atoms with Crippen LogP contribution in [0.2, 0.25) is 0 Å². The molecule has 0 atom stereocenters. The molecular formula is C17H14Br2N4O3. The maximum atomic E-state index is 12.8. The van der Waals surface area contributed by atoms with E-state index in [2.05, 4.69) is 41.8 Å². The second-order valence-corrected chi connectivity index (χ2v) is 7.96. The van der Waals surface area contributed by atoms with Crippen LogP contribution in [0.15, 0.2) is 41.3 Å². The monoisotopic (exact) mass is 480 g/mol. The Bertz CT molecular complexity index is 1140. The number of aromatic nitrogens is 2. The van der Waals surface area contributed by atoms with E-state index in [0.717, 1.165) is 10.2 Å². The molecule has 0 bridgehead atoms. The van der Waals surface area contributed by atoms with Crippen molar-refractivity contribution in [3.8, 4) is 0 Å². The Morgan fingerprint density at radius 3 is 2.92 bits per heavy atom. The molecule has 9 heteroatoms. The van der Waals surface area contributed by atoms with Gasteiger partial charge in [0.2, 0.25) is 5.95 Å². The van der Waals surface area contributed by atoms with Crippen LogP contribution in [0.3, 0.4) is 0 Å². The van der Waals surface area contributed by atoms with Crippen LogP contribution in [-0.2, 0) is 19.5 Å². The lowest BCUT2D eigenvalue weighted by Crippen LogP contribution is -2.36. The average molecular weight is 482 g/mol. The van der Waals surface area contributed by atoms with E-state index in [9.17, 15) is 9.59 Å². The Morgan fingerprint density at radius 2 is 2.12 bits per heavy atom. The molecule has 0 amide bonds. The molecule has 26 heavy (non-hydrogen) atoms. The maximum Gasteiger partial charge on any atom is 0.257 e. The van der Waals surface area contributed by atoms with Crippen molar-refractivity contribution in [2.24, 2.45) is 0 Å². The van der Waals surface area contributed by atoms with Gasteiger partial charge in [0.1, 0.15) is 0 Å². The number of nitrogen functional groups attached to an aromatic ring is 1. The topological polar surface area (TPSA) is 105 Å². The van der Waals surface area contributed by atoms with Gasteiger partial charge in [-0.25, -0.2) is 4.98 Å². The van der Waals surface area contributed by atoms with E-state index in [0.29, 0.717) is 52.6 Å². The van der Waals surface area contributed by atoms with Crippen LogP contribution in [0.25, 0.3) is 11.0 Å². The van der Waals surface area contributed by atoms with Crippen molar-refractivity contribution in [1.82, 2.24) is 14.9 Å². The van der Waals surface area contributed by atoms with Gasteiger partial charge in [0.25, 0.3) is 5.56 Å². The molecule has 0 spiro atoms. The zero-order chi connectivity index (χ0) is 18.4. The van der Waals surface area contributed by atoms with Crippen molar-refractivity contribution in [1.29, 1.82) is 0 Å². The lowest BCUT2D eigenvalue weighted by molar-refractivity contribution is 0.239. The highest BCUT2D eigenvalue weighted by atomic mass is 79.9. The number of hydrogen-bond donors (Lipinski definition) is 2. The number of fused-ring (bicyclic) bond motifs is 2. The molecular weight excluding hydrogens is 468 g/mol. The first-order valence-electron chi connectivity index (χ1n) is 7.91. The van der Waals surface area contributed by atoms with Gasteiger partial charge in [-0.2, -0.15) is 0 Å². The van der Waals surface area contributed by atoms with Crippen molar-refractivity contribution >= 4 is 48.8 Å². The Labute approximate surface area is 164 Å². The Hall–Kier alpha value is -1.97. The lowest BCUT2D eigenvalue weighted by Gasteiger charge is -2.27. The van der Waals surface area contributed by atoms with Crippen LogP contribution in [0.1, 0.15) is 16.8 Å². The summed E-state index contributed by atoms with van der Waals surface area (Å²) in [5, 5.41) is 0.508. The number of benzene rings is 1. The number of anilines is 1. The largest absolute Gasteiger partial charge is 0.463 e. The van der Waals surface area contributed by atoms with Crippen molar-refractivity contribution in [2.75, 3.05) is 12.3 Å². The number of nitrogens with zero attached hydrogens (tertiary/aromatic N) is 2. The Kier molecular flexibility index (Phi) is 4.45. The lowest BCUT2D eigenvalue weighted by atomic mass is 10.1. The molecule has 1 aliphatic heterocycles. The second-order valence-electron chi connectivity index (χ2n) is 6.19. The van der Waals surface area contributed by atoms with Crippen LogP contribution in [0.5, 0.6) is 0 Å². The molecule has 1 aliphatic rings. The minimum atomic E-state index is -0.226. The van der Waals surface area contributed by atoms with Crippen molar-refractivity contribution in [3.63, 3.8) is 0 Å². The SMILES string of the molecule is Nc1nc2c(c(=O)[nH]1)CN(Cc1coc3c(Br)cc(Br)cc3c1=O)CC2. The van der Waals surface area contributed by atoms with E-state index < -0.39 is 0 Å². The number of nitrogens with one attached hydrogen (secondary N) is 1. The molecule has 3 aromatic rings. The van der Waals surface area contributed by atoms with Crippen molar-refractivity contribution in [3.05, 3.63) is 64.7 Å². The summed E-state index contributed by atoms with van der Waals surface area (Å²) in [6.07, 6.45) is 2.10. The van der Waals surface area contributed by atoms with E-state index in [1.165, 1.54) is 6.26 Å². The van der Waals surface area contributed by atoms with E-state index in [4.69, 9.17) is 10.2 Å². The number of rotatable bonds is 2. The van der Waals surface area contributed by atoms with Crippen LogP contribution in [0.4, 0.5) is 5.95 Å². The predicted octanol–water partition coefficient (Wildman–Crippen LogP) is 2.54. The summed E-state index contributed by atoms with van der Waals surface area (Å²) in [6, 6.07) is 3.58. The van der Waals surface area contributed by atoms with E-state index in [1.807, 2.05) is 11.0 Å². The molecule has 3 N–H and O–H groups in total. The number of hydrogen-bond acceptors (Lipinski definition) is 6. The quantitative estimate of drug-likeness (QED) is 0.582. The Morgan fingerprint density at radius 1 is 1.31 bits per heavy atom. The molecule has 0 radical (unpaired) electrons. The van der Waals surface area contributed by atoms with E-state index in [1.54, 1.807) is 6.07 Å². The number of H-pyrrole nitrogens is 1. The van der Waals surface area contributed by atoms with Gasteiger partial charge in [-0.15, -0.1) is 0 Å².